The fourth-order valence-electron chi connectivity index (χ4n) is 3.78. The van der Waals surface area contributed by atoms with Crippen molar-refractivity contribution in [1.29, 1.82) is 0 Å². The Balaban J connectivity index is 1.59. The molecule has 0 N–H and O–H groups in total. The first-order valence-corrected chi connectivity index (χ1v) is 8.29. The maximum atomic E-state index is 13.8. The molecule has 0 radical (unpaired) electrons. The Hall–Kier alpha value is -1.54. The summed E-state index contributed by atoms with van der Waals surface area (Å²) in [6, 6.07) is -0.167. The molecule has 1 amide bonds. The molecule has 2 aliphatic rings. The molecule has 3 rings (SSSR count). The zero-order valence-corrected chi connectivity index (χ0v) is 14.1. The molecule has 0 aliphatic carbocycles. The summed E-state index contributed by atoms with van der Waals surface area (Å²) in [5, 5.41) is 0. The van der Waals surface area contributed by atoms with Crippen molar-refractivity contribution in [2.75, 3.05) is 33.4 Å². The van der Waals surface area contributed by atoms with E-state index in [2.05, 4.69) is 4.98 Å². The normalized spacial score (nSPS) is 25.3. The summed E-state index contributed by atoms with van der Waals surface area (Å²) < 4.78 is 34.4. The van der Waals surface area contributed by atoms with Crippen LogP contribution in [0.25, 0.3) is 0 Å². The molecule has 24 heavy (non-hydrogen) atoms. The van der Waals surface area contributed by atoms with Gasteiger partial charge in [0.2, 0.25) is 0 Å². The number of ether oxygens (including phenoxy) is 1. The first kappa shape index (κ1) is 17.3. The number of carbonyl (C=O) groups excluding carboxylic acids is 1. The van der Waals surface area contributed by atoms with E-state index in [0.29, 0.717) is 38.2 Å². The van der Waals surface area contributed by atoms with Crippen molar-refractivity contribution in [1.82, 2.24) is 19.4 Å². The fraction of sp³-hybridized carbons (Fsp3) is 0.750. The second-order valence-corrected chi connectivity index (χ2v) is 6.79. The lowest BCUT2D eigenvalue weighted by molar-refractivity contribution is 0.00283. The van der Waals surface area contributed by atoms with Crippen LogP contribution in [-0.2, 0) is 11.8 Å². The molecular formula is C16H24F2N4O2. The maximum absolute atomic E-state index is 13.8. The SMILES string of the molecule is COC[C@@H]1CC(F)(F)CN1C1CCN(C(=O)c2cn(C)cn2)CC1. The van der Waals surface area contributed by atoms with E-state index in [4.69, 9.17) is 4.74 Å². The highest BCUT2D eigenvalue weighted by molar-refractivity contribution is 5.92. The Bertz CT molecular complexity index is 584. The Kier molecular flexibility index (Phi) is 4.87. The second kappa shape index (κ2) is 6.76. The van der Waals surface area contributed by atoms with Crippen molar-refractivity contribution < 1.29 is 18.3 Å². The number of piperidine rings is 1. The number of alkyl halides is 2. The van der Waals surface area contributed by atoms with Crippen LogP contribution >= 0.6 is 0 Å². The van der Waals surface area contributed by atoms with E-state index in [9.17, 15) is 13.6 Å². The van der Waals surface area contributed by atoms with Crippen LogP contribution in [0.5, 0.6) is 0 Å². The molecule has 0 aromatic carbocycles. The Morgan fingerprint density at radius 3 is 2.71 bits per heavy atom. The molecule has 1 atom stereocenters. The minimum atomic E-state index is -2.65. The summed E-state index contributed by atoms with van der Waals surface area (Å²) in [6.45, 7) is 1.26. The number of methoxy groups -OCH3 is 1. The number of amides is 1. The average Bonchev–Trinajstić information content (AvgIpc) is 3.10. The number of aromatic nitrogens is 2. The third-order valence-electron chi connectivity index (χ3n) is 4.92. The van der Waals surface area contributed by atoms with E-state index in [1.807, 2.05) is 11.9 Å². The number of likely N-dealkylation sites (tertiary alicyclic amines) is 2. The molecule has 2 saturated heterocycles. The molecule has 1 aromatic rings. The van der Waals surface area contributed by atoms with Crippen molar-refractivity contribution in [3.63, 3.8) is 0 Å². The summed E-state index contributed by atoms with van der Waals surface area (Å²) in [5.74, 6) is -2.74. The summed E-state index contributed by atoms with van der Waals surface area (Å²) in [7, 11) is 3.36. The lowest BCUT2D eigenvalue weighted by atomic mass is 10.0. The molecule has 0 saturated carbocycles. The summed E-state index contributed by atoms with van der Waals surface area (Å²) in [6.07, 6.45) is 4.56. The highest BCUT2D eigenvalue weighted by atomic mass is 19.3. The highest BCUT2D eigenvalue weighted by Crippen LogP contribution is 2.35. The number of carbonyl (C=O) groups is 1. The van der Waals surface area contributed by atoms with Gasteiger partial charge in [-0.2, -0.15) is 0 Å². The van der Waals surface area contributed by atoms with E-state index in [1.54, 1.807) is 29.1 Å². The number of hydrogen-bond donors (Lipinski definition) is 0. The van der Waals surface area contributed by atoms with E-state index >= 15 is 0 Å². The number of nitrogens with zero attached hydrogens (tertiary/aromatic N) is 4. The molecule has 0 bridgehead atoms. The lowest BCUT2D eigenvalue weighted by Crippen LogP contribution is -2.49. The number of halogens is 2. The number of aryl methyl sites for hydroxylation is 1. The van der Waals surface area contributed by atoms with Gasteiger partial charge < -0.3 is 14.2 Å². The van der Waals surface area contributed by atoms with Crippen molar-refractivity contribution in [3.8, 4) is 0 Å². The predicted octanol–water partition coefficient (Wildman–Crippen LogP) is 1.38. The van der Waals surface area contributed by atoms with Crippen molar-refractivity contribution in [3.05, 3.63) is 18.2 Å². The summed E-state index contributed by atoms with van der Waals surface area (Å²) in [4.78, 5) is 20.1. The minimum absolute atomic E-state index is 0.0753. The zero-order chi connectivity index (χ0) is 17.3. The van der Waals surface area contributed by atoms with E-state index in [0.717, 1.165) is 0 Å². The first-order valence-electron chi connectivity index (χ1n) is 8.29. The zero-order valence-electron chi connectivity index (χ0n) is 14.1. The van der Waals surface area contributed by atoms with Gasteiger partial charge in [0.25, 0.3) is 11.8 Å². The Morgan fingerprint density at radius 1 is 1.42 bits per heavy atom. The quantitative estimate of drug-likeness (QED) is 0.830. The second-order valence-electron chi connectivity index (χ2n) is 6.79. The lowest BCUT2D eigenvalue weighted by Gasteiger charge is -2.38. The number of imidazole rings is 1. The molecule has 0 unspecified atom stereocenters. The minimum Gasteiger partial charge on any atom is -0.383 e. The van der Waals surface area contributed by atoms with Crippen LogP contribution in [0.3, 0.4) is 0 Å². The first-order chi connectivity index (χ1) is 11.4. The van der Waals surface area contributed by atoms with Gasteiger partial charge >= 0.3 is 0 Å². The highest BCUT2D eigenvalue weighted by Gasteiger charge is 2.47. The van der Waals surface area contributed by atoms with Crippen LogP contribution in [0, 0.1) is 0 Å². The largest absolute Gasteiger partial charge is 0.383 e. The van der Waals surface area contributed by atoms with Crippen LogP contribution in [-0.4, -0.2) is 76.6 Å². The summed E-state index contributed by atoms with van der Waals surface area (Å²) in [5.41, 5.74) is 0.431. The Morgan fingerprint density at radius 2 is 2.12 bits per heavy atom. The van der Waals surface area contributed by atoms with Gasteiger partial charge in [0.1, 0.15) is 5.69 Å². The van der Waals surface area contributed by atoms with Gasteiger partial charge in [-0.15, -0.1) is 0 Å². The van der Waals surface area contributed by atoms with E-state index < -0.39 is 5.92 Å². The summed E-state index contributed by atoms with van der Waals surface area (Å²) >= 11 is 0. The van der Waals surface area contributed by atoms with Gasteiger partial charge in [0.15, 0.2) is 0 Å². The van der Waals surface area contributed by atoms with Gasteiger partial charge in [-0.1, -0.05) is 0 Å². The van der Waals surface area contributed by atoms with Crippen LogP contribution in [0.1, 0.15) is 29.8 Å². The molecule has 0 spiro atoms. The number of hydrogen-bond acceptors (Lipinski definition) is 4. The topological polar surface area (TPSA) is 50.6 Å². The Labute approximate surface area is 140 Å². The standard InChI is InChI=1S/C16H24F2N4O2/c1-20-8-14(19-11-20)15(23)21-5-3-12(4-6-21)22-10-16(17,18)7-13(22)9-24-2/h8,11-13H,3-7,9-10H2,1-2H3/t13-/m0/s1. The van der Waals surface area contributed by atoms with Crippen molar-refractivity contribution >= 4 is 5.91 Å². The van der Waals surface area contributed by atoms with Gasteiger partial charge in [0.05, 0.1) is 19.5 Å². The fourth-order valence-corrected chi connectivity index (χ4v) is 3.78. The molecular weight excluding hydrogens is 318 g/mol. The third kappa shape index (κ3) is 3.59. The molecule has 8 heteroatoms. The van der Waals surface area contributed by atoms with Crippen LogP contribution in [0.4, 0.5) is 8.78 Å². The van der Waals surface area contributed by atoms with Crippen LogP contribution < -0.4 is 0 Å². The van der Waals surface area contributed by atoms with Crippen molar-refractivity contribution in [2.45, 2.75) is 37.3 Å². The molecule has 3 heterocycles. The van der Waals surface area contributed by atoms with Gasteiger partial charge in [-0.25, -0.2) is 13.8 Å². The van der Waals surface area contributed by atoms with Crippen LogP contribution in [0.15, 0.2) is 12.5 Å². The molecule has 6 nitrogen and oxygen atoms in total. The average molecular weight is 342 g/mol. The van der Waals surface area contributed by atoms with Crippen LogP contribution in [0.2, 0.25) is 0 Å². The maximum Gasteiger partial charge on any atom is 0.274 e. The van der Waals surface area contributed by atoms with Gasteiger partial charge in [0, 0.05) is 51.9 Å². The van der Waals surface area contributed by atoms with Gasteiger partial charge in [-0.3, -0.25) is 9.69 Å². The third-order valence-corrected chi connectivity index (χ3v) is 4.92. The molecule has 2 fully saturated rings. The van der Waals surface area contributed by atoms with E-state index in [1.165, 1.54) is 0 Å². The number of rotatable bonds is 4. The van der Waals surface area contributed by atoms with Crippen molar-refractivity contribution in [2.24, 2.45) is 7.05 Å². The van der Waals surface area contributed by atoms with Gasteiger partial charge in [-0.05, 0) is 12.8 Å². The monoisotopic (exact) mass is 342 g/mol. The smallest absolute Gasteiger partial charge is 0.274 e. The molecule has 1 aromatic heterocycles. The predicted molar refractivity (Wildman–Crippen MR) is 84.1 cm³/mol. The molecule has 134 valence electrons. The molecule has 2 aliphatic heterocycles. The van der Waals surface area contributed by atoms with E-state index in [-0.39, 0.29) is 31.0 Å².